The number of nitrogens with one attached hydrogen (secondary N) is 1. The van der Waals surface area contributed by atoms with E-state index in [2.05, 4.69) is 5.32 Å². The Kier molecular flexibility index (Phi) is 4.07. The molecule has 1 rings (SSSR count). The van der Waals surface area contributed by atoms with Crippen LogP contribution in [0.15, 0.2) is 0 Å². The molecule has 1 amide bonds. The Morgan fingerprint density at radius 2 is 2.21 bits per heavy atom. The minimum atomic E-state index is -0.184. The quantitative estimate of drug-likeness (QED) is 0.671. The number of rotatable bonds is 4. The van der Waals surface area contributed by atoms with Gasteiger partial charge in [0.1, 0.15) is 5.78 Å². The van der Waals surface area contributed by atoms with Crippen molar-refractivity contribution < 1.29 is 14.3 Å². The molecule has 1 fully saturated rings. The number of ketones is 1. The van der Waals surface area contributed by atoms with Crippen LogP contribution >= 0.6 is 0 Å². The topological polar surface area (TPSA) is 55.4 Å². The van der Waals surface area contributed by atoms with Crippen LogP contribution in [0, 0.1) is 5.92 Å². The van der Waals surface area contributed by atoms with E-state index in [0.717, 1.165) is 13.0 Å². The van der Waals surface area contributed by atoms with Crippen LogP contribution in [-0.4, -0.2) is 30.9 Å². The number of hydrogen-bond acceptors (Lipinski definition) is 3. The molecule has 4 heteroatoms. The molecule has 0 aromatic heterocycles. The molecule has 1 saturated heterocycles. The third kappa shape index (κ3) is 3.46. The van der Waals surface area contributed by atoms with Gasteiger partial charge in [-0.05, 0) is 20.3 Å². The highest BCUT2D eigenvalue weighted by Crippen LogP contribution is 2.19. The van der Waals surface area contributed by atoms with E-state index in [1.807, 2.05) is 6.92 Å². The highest BCUT2D eigenvalue weighted by molar-refractivity contribution is 5.96. The second-order valence-corrected chi connectivity index (χ2v) is 3.81. The summed E-state index contributed by atoms with van der Waals surface area (Å²) in [6, 6.07) is 0. The van der Waals surface area contributed by atoms with Crippen molar-refractivity contribution in [2.45, 2.75) is 32.8 Å². The number of ether oxygens (including phenoxy) is 1. The van der Waals surface area contributed by atoms with Crippen LogP contribution in [0.5, 0.6) is 0 Å². The molecule has 1 heterocycles. The molecular formula is C10H17NO3. The third-order valence-corrected chi connectivity index (χ3v) is 2.50. The van der Waals surface area contributed by atoms with Crippen LogP contribution in [0.1, 0.15) is 26.7 Å². The summed E-state index contributed by atoms with van der Waals surface area (Å²) in [6.45, 7) is 4.82. The molecule has 2 atom stereocenters. The fraction of sp³-hybridized carbons (Fsp3) is 0.800. The molecule has 2 unspecified atom stereocenters. The lowest BCUT2D eigenvalue weighted by molar-refractivity contribution is -0.127. The van der Waals surface area contributed by atoms with Crippen molar-refractivity contribution in [3.05, 3.63) is 0 Å². The molecular weight excluding hydrogens is 182 g/mol. The lowest BCUT2D eigenvalue weighted by Gasteiger charge is -2.14. The average Bonchev–Trinajstić information content (AvgIpc) is 2.46. The zero-order valence-electron chi connectivity index (χ0n) is 8.71. The van der Waals surface area contributed by atoms with Crippen molar-refractivity contribution >= 4 is 11.7 Å². The van der Waals surface area contributed by atoms with E-state index in [1.54, 1.807) is 0 Å². The van der Waals surface area contributed by atoms with Gasteiger partial charge in [0.15, 0.2) is 0 Å². The van der Waals surface area contributed by atoms with Crippen molar-refractivity contribution in [1.82, 2.24) is 5.32 Å². The molecule has 0 bridgehead atoms. The van der Waals surface area contributed by atoms with E-state index in [0.29, 0.717) is 12.5 Å². The molecule has 14 heavy (non-hydrogen) atoms. The van der Waals surface area contributed by atoms with E-state index in [9.17, 15) is 9.59 Å². The first-order chi connectivity index (χ1) is 6.59. The number of carbonyl (C=O) groups excluding carboxylic acids is 2. The Bertz CT molecular complexity index is 227. The second-order valence-electron chi connectivity index (χ2n) is 3.81. The molecule has 4 nitrogen and oxygen atoms in total. The van der Waals surface area contributed by atoms with Gasteiger partial charge >= 0.3 is 0 Å². The lowest BCUT2D eigenvalue weighted by atomic mass is 10.0. The number of carbonyl (C=O) groups is 2. The Labute approximate surface area is 84.0 Å². The standard InChI is InChI=1S/C10H17NO3/c1-7(12)5-10(13)11-6-9-3-4-14-8(9)2/h8-9H,3-6H2,1-2H3,(H,11,13). The van der Waals surface area contributed by atoms with Gasteiger partial charge in [0.25, 0.3) is 0 Å². The van der Waals surface area contributed by atoms with E-state index in [1.165, 1.54) is 6.92 Å². The van der Waals surface area contributed by atoms with Gasteiger partial charge in [-0.1, -0.05) is 0 Å². The van der Waals surface area contributed by atoms with Crippen LogP contribution in [0.3, 0.4) is 0 Å². The van der Waals surface area contributed by atoms with Gasteiger partial charge in [-0.15, -0.1) is 0 Å². The minimum Gasteiger partial charge on any atom is -0.378 e. The Morgan fingerprint density at radius 3 is 2.71 bits per heavy atom. The average molecular weight is 199 g/mol. The first-order valence-electron chi connectivity index (χ1n) is 4.97. The molecule has 80 valence electrons. The molecule has 1 aliphatic heterocycles. The van der Waals surface area contributed by atoms with Gasteiger partial charge in [0.2, 0.25) is 5.91 Å². The minimum absolute atomic E-state index is 0.0119. The molecule has 0 aromatic rings. The summed E-state index contributed by atoms with van der Waals surface area (Å²) in [5, 5.41) is 2.75. The largest absolute Gasteiger partial charge is 0.378 e. The summed E-state index contributed by atoms with van der Waals surface area (Å²) < 4.78 is 5.36. The lowest BCUT2D eigenvalue weighted by Crippen LogP contribution is -2.32. The van der Waals surface area contributed by atoms with Gasteiger partial charge in [0.05, 0.1) is 12.5 Å². The van der Waals surface area contributed by atoms with Crippen molar-refractivity contribution in [2.75, 3.05) is 13.2 Å². The van der Waals surface area contributed by atoms with E-state index >= 15 is 0 Å². The highest BCUT2D eigenvalue weighted by Gasteiger charge is 2.24. The maximum Gasteiger partial charge on any atom is 0.227 e. The zero-order chi connectivity index (χ0) is 10.6. The number of hydrogen-bond donors (Lipinski definition) is 1. The van der Waals surface area contributed by atoms with E-state index < -0.39 is 0 Å². The monoisotopic (exact) mass is 199 g/mol. The van der Waals surface area contributed by atoms with Crippen LogP contribution in [0.2, 0.25) is 0 Å². The smallest absolute Gasteiger partial charge is 0.227 e. The van der Waals surface area contributed by atoms with E-state index in [4.69, 9.17) is 4.74 Å². The zero-order valence-corrected chi connectivity index (χ0v) is 8.71. The molecule has 0 radical (unpaired) electrons. The van der Waals surface area contributed by atoms with Crippen molar-refractivity contribution in [3.8, 4) is 0 Å². The van der Waals surface area contributed by atoms with Crippen LogP contribution < -0.4 is 5.32 Å². The molecule has 0 saturated carbocycles. The Morgan fingerprint density at radius 1 is 1.50 bits per heavy atom. The summed E-state index contributed by atoms with van der Waals surface area (Å²) in [5.41, 5.74) is 0. The molecule has 1 aliphatic rings. The predicted octanol–water partition coefficient (Wildman–Crippen LogP) is 0.507. The van der Waals surface area contributed by atoms with Crippen LogP contribution in [-0.2, 0) is 14.3 Å². The predicted molar refractivity (Wildman–Crippen MR) is 51.8 cm³/mol. The van der Waals surface area contributed by atoms with Crippen molar-refractivity contribution in [3.63, 3.8) is 0 Å². The molecule has 0 aromatic carbocycles. The maximum atomic E-state index is 11.1. The van der Waals surface area contributed by atoms with E-state index in [-0.39, 0.29) is 24.2 Å². The summed E-state index contributed by atoms with van der Waals surface area (Å²) >= 11 is 0. The Balaban J connectivity index is 2.19. The Hall–Kier alpha value is -0.900. The normalized spacial score (nSPS) is 26.1. The first-order valence-corrected chi connectivity index (χ1v) is 4.97. The molecule has 1 N–H and O–H groups in total. The fourth-order valence-corrected chi connectivity index (χ4v) is 1.58. The van der Waals surface area contributed by atoms with Gasteiger partial charge in [-0.2, -0.15) is 0 Å². The summed E-state index contributed by atoms with van der Waals surface area (Å²) in [7, 11) is 0. The summed E-state index contributed by atoms with van der Waals surface area (Å²) in [5.74, 6) is 0.112. The number of amides is 1. The summed E-state index contributed by atoms with van der Waals surface area (Å²) in [4.78, 5) is 21.8. The van der Waals surface area contributed by atoms with Gasteiger partial charge in [-0.25, -0.2) is 0 Å². The van der Waals surface area contributed by atoms with Crippen LogP contribution in [0.4, 0.5) is 0 Å². The van der Waals surface area contributed by atoms with Gasteiger partial charge in [-0.3, -0.25) is 9.59 Å². The second kappa shape index (κ2) is 5.10. The maximum absolute atomic E-state index is 11.1. The molecule has 0 spiro atoms. The summed E-state index contributed by atoms with van der Waals surface area (Å²) in [6.07, 6.45) is 1.19. The van der Waals surface area contributed by atoms with Crippen molar-refractivity contribution in [2.24, 2.45) is 5.92 Å². The van der Waals surface area contributed by atoms with Gasteiger partial charge < -0.3 is 10.1 Å². The van der Waals surface area contributed by atoms with Crippen molar-refractivity contribution in [1.29, 1.82) is 0 Å². The number of Topliss-reactive ketones (excluding diaryl/α,β-unsaturated/α-hetero) is 1. The fourth-order valence-electron chi connectivity index (χ4n) is 1.58. The van der Waals surface area contributed by atoms with Gasteiger partial charge in [0, 0.05) is 19.1 Å². The first kappa shape index (κ1) is 11.2. The molecule has 0 aliphatic carbocycles. The third-order valence-electron chi connectivity index (χ3n) is 2.50. The SMILES string of the molecule is CC(=O)CC(=O)NCC1CCOC1C. The highest BCUT2D eigenvalue weighted by atomic mass is 16.5. The van der Waals surface area contributed by atoms with Crippen LogP contribution in [0.25, 0.3) is 0 Å².